The molecule has 1 amide bonds. The minimum atomic E-state index is -0.516. The van der Waals surface area contributed by atoms with Crippen LogP contribution in [0, 0.1) is 5.82 Å². The van der Waals surface area contributed by atoms with Crippen molar-refractivity contribution >= 4 is 5.91 Å². The molecule has 0 spiro atoms. The maximum Gasteiger partial charge on any atom is 0.252 e. The van der Waals surface area contributed by atoms with Crippen molar-refractivity contribution in [1.82, 2.24) is 15.5 Å². The van der Waals surface area contributed by atoms with Gasteiger partial charge in [0.1, 0.15) is 23.4 Å². The van der Waals surface area contributed by atoms with Gasteiger partial charge in [0.2, 0.25) is 11.7 Å². The first kappa shape index (κ1) is 19.3. The Morgan fingerprint density at radius 3 is 2.50 bits per heavy atom. The van der Waals surface area contributed by atoms with Gasteiger partial charge in [-0.25, -0.2) is 4.39 Å². The predicted octanol–water partition coefficient (Wildman–Crippen LogP) is 5.16. The van der Waals surface area contributed by atoms with E-state index >= 15 is 0 Å². The smallest absolute Gasteiger partial charge is 0.252 e. The zero-order chi connectivity index (χ0) is 20.9. The summed E-state index contributed by atoms with van der Waals surface area (Å²) >= 11 is 0. The Hall–Kier alpha value is -4.00. The Labute approximate surface area is 172 Å². The van der Waals surface area contributed by atoms with Gasteiger partial charge in [-0.3, -0.25) is 4.79 Å². The topological polar surface area (TPSA) is 77.2 Å². The molecular formula is C23H18FN3O3. The molecule has 0 radical (unpaired) electrons. The number of carbonyl (C=O) groups excluding carboxylic acids is 1. The average Bonchev–Trinajstić information content (AvgIpc) is 3.26. The van der Waals surface area contributed by atoms with E-state index in [2.05, 4.69) is 15.5 Å². The van der Waals surface area contributed by atoms with Gasteiger partial charge in [-0.1, -0.05) is 29.4 Å². The number of amides is 1. The first-order chi connectivity index (χ1) is 14.6. The molecule has 1 unspecified atom stereocenters. The van der Waals surface area contributed by atoms with Gasteiger partial charge >= 0.3 is 0 Å². The number of para-hydroxylation sites is 1. The number of nitrogens with zero attached hydrogens (tertiary/aromatic N) is 2. The van der Waals surface area contributed by atoms with Crippen molar-refractivity contribution in [2.75, 3.05) is 0 Å². The highest BCUT2D eigenvalue weighted by Gasteiger charge is 2.18. The average molecular weight is 403 g/mol. The van der Waals surface area contributed by atoms with Gasteiger partial charge in [0.05, 0.1) is 0 Å². The third kappa shape index (κ3) is 4.52. The summed E-state index contributed by atoms with van der Waals surface area (Å²) in [7, 11) is 0. The number of aromatic nitrogens is 2. The third-order valence-corrected chi connectivity index (χ3v) is 4.34. The maximum absolute atomic E-state index is 13.1. The largest absolute Gasteiger partial charge is 0.457 e. The highest BCUT2D eigenvalue weighted by Crippen LogP contribution is 2.23. The summed E-state index contributed by atoms with van der Waals surface area (Å²) in [5.41, 5.74) is 1.06. The van der Waals surface area contributed by atoms with Crippen LogP contribution in [0.1, 0.15) is 29.2 Å². The van der Waals surface area contributed by atoms with Crippen LogP contribution in [0.5, 0.6) is 11.5 Å². The first-order valence-corrected chi connectivity index (χ1v) is 9.32. The molecule has 6 nitrogen and oxygen atoms in total. The predicted molar refractivity (Wildman–Crippen MR) is 109 cm³/mol. The Morgan fingerprint density at radius 2 is 1.73 bits per heavy atom. The highest BCUT2D eigenvalue weighted by atomic mass is 19.1. The van der Waals surface area contributed by atoms with Crippen LogP contribution in [-0.4, -0.2) is 16.0 Å². The fraction of sp³-hybridized carbons (Fsp3) is 0.0870. The lowest BCUT2D eigenvalue weighted by Crippen LogP contribution is -2.26. The summed E-state index contributed by atoms with van der Waals surface area (Å²) in [6.45, 7) is 1.74. The zero-order valence-electron chi connectivity index (χ0n) is 16.1. The molecule has 150 valence electrons. The van der Waals surface area contributed by atoms with Crippen LogP contribution in [0.4, 0.5) is 4.39 Å². The van der Waals surface area contributed by atoms with Crippen LogP contribution < -0.4 is 10.1 Å². The fourth-order valence-corrected chi connectivity index (χ4v) is 2.79. The molecule has 0 aliphatic rings. The Kier molecular flexibility index (Phi) is 5.52. The normalized spacial score (nSPS) is 11.7. The molecule has 0 saturated heterocycles. The Balaban J connectivity index is 1.44. The molecule has 3 aromatic carbocycles. The van der Waals surface area contributed by atoms with Crippen molar-refractivity contribution in [2.24, 2.45) is 0 Å². The molecule has 0 bridgehead atoms. The lowest BCUT2D eigenvalue weighted by molar-refractivity contribution is 0.0932. The minimum absolute atomic E-state index is 0.249. The summed E-state index contributed by atoms with van der Waals surface area (Å²) in [6, 6.07) is 21.4. The maximum atomic E-state index is 13.1. The molecular weight excluding hydrogens is 385 g/mol. The third-order valence-electron chi connectivity index (χ3n) is 4.34. The van der Waals surface area contributed by atoms with Crippen molar-refractivity contribution < 1.29 is 18.4 Å². The summed E-state index contributed by atoms with van der Waals surface area (Å²) < 4.78 is 24.1. The van der Waals surface area contributed by atoms with Crippen molar-refractivity contribution in [3.63, 3.8) is 0 Å². The molecule has 0 fully saturated rings. The lowest BCUT2D eigenvalue weighted by Gasteiger charge is -2.11. The number of hydrogen-bond donors (Lipinski definition) is 1. The van der Waals surface area contributed by atoms with Crippen LogP contribution in [0.3, 0.4) is 0 Å². The van der Waals surface area contributed by atoms with Crippen molar-refractivity contribution in [3.05, 3.63) is 96.1 Å². The van der Waals surface area contributed by atoms with Gasteiger partial charge in [-0.15, -0.1) is 0 Å². The summed E-state index contributed by atoms with van der Waals surface area (Å²) in [6.07, 6.45) is 0. The second-order valence-electron chi connectivity index (χ2n) is 6.60. The van der Waals surface area contributed by atoms with E-state index in [0.29, 0.717) is 28.5 Å². The van der Waals surface area contributed by atoms with Crippen molar-refractivity contribution in [2.45, 2.75) is 13.0 Å². The van der Waals surface area contributed by atoms with E-state index in [1.165, 1.54) is 12.1 Å². The van der Waals surface area contributed by atoms with Crippen LogP contribution in [0.25, 0.3) is 11.4 Å². The molecule has 0 saturated carbocycles. The molecule has 1 heterocycles. The summed E-state index contributed by atoms with van der Waals surface area (Å²) in [4.78, 5) is 16.9. The van der Waals surface area contributed by atoms with E-state index in [9.17, 15) is 9.18 Å². The van der Waals surface area contributed by atoms with E-state index in [-0.39, 0.29) is 17.6 Å². The van der Waals surface area contributed by atoms with Crippen LogP contribution in [0.15, 0.2) is 83.4 Å². The molecule has 1 aromatic heterocycles. The molecule has 1 atom stereocenters. The second kappa shape index (κ2) is 8.57. The van der Waals surface area contributed by atoms with E-state index < -0.39 is 6.04 Å². The van der Waals surface area contributed by atoms with Crippen LogP contribution >= 0.6 is 0 Å². The number of nitrogens with one attached hydrogen (secondary N) is 1. The van der Waals surface area contributed by atoms with Gasteiger partial charge in [0, 0.05) is 11.1 Å². The van der Waals surface area contributed by atoms with Gasteiger partial charge in [-0.2, -0.15) is 4.98 Å². The number of ether oxygens (including phenoxy) is 1. The molecule has 0 aliphatic heterocycles. The first-order valence-electron chi connectivity index (χ1n) is 9.32. The van der Waals surface area contributed by atoms with Gasteiger partial charge in [-0.05, 0) is 61.5 Å². The van der Waals surface area contributed by atoms with Gasteiger partial charge in [0.25, 0.3) is 5.91 Å². The summed E-state index contributed by atoms with van der Waals surface area (Å²) in [5.74, 6) is 1.16. The summed E-state index contributed by atoms with van der Waals surface area (Å²) in [5, 5.41) is 6.73. The van der Waals surface area contributed by atoms with Gasteiger partial charge < -0.3 is 14.6 Å². The van der Waals surface area contributed by atoms with Crippen LogP contribution in [-0.2, 0) is 0 Å². The van der Waals surface area contributed by atoms with Crippen LogP contribution in [0.2, 0.25) is 0 Å². The number of rotatable bonds is 6. The van der Waals surface area contributed by atoms with E-state index in [0.717, 1.165) is 0 Å². The fourth-order valence-electron chi connectivity index (χ4n) is 2.79. The van der Waals surface area contributed by atoms with Crippen molar-refractivity contribution in [1.29, 1.82) is 0 Å². The Morgan fingerprint density at radius 1 is 1.00 bits per heavy atom. The zero-order valence-corrected chi connectivity index (χ0v) is 16.1. The van der Waals surface area contributed by atoms with E-state index in [4.69, 9.17) is 9.26 Å². The molecule has 4 rings (SSSR count). The standard InChI is InChI=1S/C23H18FN3O3/c1-15(23-26-21(27-30-23)16-10-12-18(24)13-11-16)25-22(28)17-6-5-9-20(14-17)29-19-7-3-2-4-8-19/h2-15H,1H3,(H,25,28). The van der Waals surface area contributed by atoms with Gasteiger partial charge in [0.15, 0.2) is 0 Å². The molecule has 7 heteroatoms. The SMILES string of the molecule is CC(NC(=O)c1cccc(Oc2ccccc2)c1)c1nc(-c2ccc(F)cc2)no1. The molecule has 1 N–H and O–H groups in total. The number of halogens is 1. The quantitative estimate of drug-likeness (QED) is 0.481. The Bertz CT molecular complexity index is 1140. The second-order valence-corrected chi connectivity index (χ2v) is 6.60. The lowest BCUT2D eigenvalue weighted by atomic mass is 10.2. The molecule has 0 aliphatic carbocycles. The van der Waals surface area contributed by atoms with Crippen molar-refractivity contribution in [3.8, 4) is 22.9 Å². The molecule has 30 heavy (non-hydrogen) atoms. The number of carbonyl (C=O) groups is 1. The van der Waals surface area contributed by atoms with E-state index in [1.54, 1.807) is 43.3 Å². The monoisotopic (exact) mass is 403 g/mol. The highest BCUT2D eigenvalue weighted by molar-refractivity contribution is 5.94. The minimum Gasteiger partial charge on any atom is -0.457 e. The number of hydrogen-bond acceptors (Lipinski definition) is 5. The number of benzene rings is 3. The van der Waals surface area contributed by atoms with E-state index in [1.807, 2.05) is 30.3 Å². The molecule has 4 aromatic rings.